The van der Waals surface area contributed by atoms with Gasteiger partial charge in [0.15, 0.2) is 0 Å². The average Bonchev–Trinajstić information content (AvgIpc) is 2.50. The predicted octanol–water partition coefficient (Wildman–Crippen LogP) is -0.445. The minimum absolute atomic E-state index is 0. The molecule has 1 aromatic carbocycles. The fourth-order valence-electron chi connectivity index (χ4n) is 2.13. The lowest BCUT2D eigenvalue weighted by Crippen LogP contribution is -3.00. The molecule has 0 aromatic heterocycles. The Hall–Kier alpha value is -2.05. The summed E-state index contributed by atoms with van der Waals surface area (Å²) < 4.78 is 3.10. The second-order valence-corrected chi connectivity index (χ2v) is 6.10. The summed E-state index contributed by atoms with van der Waals surface area (Å²) in [7, 11) is 5.67. The van der Waals surface area contributed by atoms with Crippen molar-refractivity contribution < 1.29 is 12.4 Å². The van der Waals surface area contributed by atoms with Crippen LogP contribution in [-0.2, 0) is 0 Å². The third-order valence-corrected chi connectivity index (χ3v) is 4.45. The fourth-order valence-corrected chi connectivity index (χ4v) is 3.16. The molecule has 0 saturated heterocycles. The number of aromatic nitrogens is 1. The van der Waals surface area contributed by atoms with Crippen LogP contribution in [0.25, 0.3) is 20.8 Å². The molecule has 0 N–H and O–H groups in total. The van der Waals surface area contributed by atoms with E-state index >= 15 is 0 Å². The lowest BCUT2D eigenvalue weighted by Gasteiger charge is -2.10. The van der Waals surface area contributed by atoms with Crippen LogP contribution in [0.5, 0.6) is 0 Å². The number of hydrogen-bond acceptors (Lipinski definition) is 4. The van der Waals surface area contributed by atoms with Crippen LogP contribution in [0.3, 0.4) is 0 Å². The van der Waals surface area contributed by atoms with Crippen molar-refractivity contribution in [3.05, 3.63) is 46.7 Å². The zero-order valence-electron chi connectivity index (χ0n) is 12.4. The van der Waals surface area contributed by atoms with E-state index in [2.05, 4.69) is 27.0 Å². The topological polar surface area (TPSA) is 48.6 Å². The highest BCUT2D eigenvalue weighted by Gasteiger charge is 2.10. The SMILES string of the molecule is CN(N=O)c1ccc2nc3ccc(=[N+](C)C)cc-3sc2c1.[Cl-]. The van der Waals surface area contributed by atoms with Gasteiger partial charge in [-0.05, 0) is 24.3 Å². The number of hydrogen-bond donors (Lipinski definition) is 0. The number of nitrogens with zero attached hydrogens (tertiary/aromatic N) is 4. The molecule has 0 bridgehead atoms. The van der Waals surface area contributed by atoms with E-state index in [1.54, 1.807) is 18.4 Å². The maximum absolute atomic E-state index is 10.6. The van der Waals surface area contributed by atoms with Crippen LogP contribution in [0.4, 0.5) is 5.69 Å². The molecule has 0 unspecified atom stereocenters. The molecule has 7 heteroatoms. The fraction of sp³-hybridized carbons (Fsp3) is 0.200. The monoisotopic (exact) mass is 334 g/mol. The number of fused-ring (bicyclic) bond motifs is 2. The van der Waals surface area contributed by atoms with E-state index in [1.165, 1.54) is 5.01 Å². The van der Waals surface area contributed by atoms with Crippen LogP contribution >= 0.6 is 11.3 Å². The van der Waals surface area contributed by atoms with E-state index in [0.717, 1.165) is 31.8 Å². The molecule has 1 aliphatic heterocycles. The molecule has 0 amide bonds. The molecule has 22 heavy (non-hydrogen) atoms. The Labute approximate surface area is 138 Å². The van der Waals surface area contributed by atoms with Crippen LogP contribution < -0.4 is 27.3 Å². The minimum atomic E-state index is 0. The number of rotatable bonds is 2. The van der Waals surface area contributed by atoms with Crippen LogP contribution in [-0.4, -0.2) is 26.1 Å². The molecule has 0 radical (unpaired) electrons. The van der Waals surface area contributed by atoms with Gasteiger partial charge in [0.2, 0.25) is 5.36 Å². The van der Waals surface area contributed by atoms with Gasteiger partial charge in [-0.3, -0.25) is 0 Å². The summed E-state index contributed by atoms with van der Waals surface area (Å²) in [5.74, 6) is 0. The summed E-state index contributed by atoms with van der Waals surface area (Å²) in [6.07, 6.45) is 0. The zero-order valence-corrected chi connectivity index (χ0v) is 14.0. The molecule has 1 aliphatic carbocycles. The van der Waals surface area contributed by atoms with Crippen molar-refractivity contribution in [2.24, 2.45) is 5.29 Å². The summed E-state index contributed by atoms with van der Waals surface area (Å²) in [5.41, 5.74) is 2.67. The molecule has 2 aliphatic rings. The molecule has 1 heterocycles. The van der Waals surface area contributed by atoms with Crippen molar-refractivity contribution in [3.8, 4) is 10.6 Å². The normalized spacial score (nSPS) is 10.3. The van der Waals surface area contributed by atoms with Gasteiger partial charge in [-0.25, -0.2) is 14.6 Å². The minimum Gasteiger partial charge on any atom is -1.00 e. The highest BCUT2D eigenvalue weighted by Crippen LogP contribution is 2.31. The van der Waals surface area contributed by atoms with E-state index in [9.17, 15) is 4.91 Å². The van der Waals surface area contributed by atoms with Crippen LogP contribution in [0, 0.1) is 4.91 Å². The maximum Gasteiger partial charge on any atom is 0.201 e. The second-order valence-electron chi connectivity index (χ2n) is 5.02. The van der Waals surface area contributed by atoms with Gasteiger partial charge in [-0.2, -0.15) is 0 Å². The summed E-state index contributed by atoms with van der Waals surface area (Å²) >= 11 is 1.67. The van der Waals surface area contributed by atoms with Crippen LogP contribution in [0.15, 0.2) is 41.7 Å². The first-order valence-corrected chi connectivity index (χ1v) is 7.32. The van der Waals surface area contributed by atoms with Crippen molar-refractivity contribution in [1.29, 1.82) is 0 Å². The Morgan fingerprint density at radius 2 is 1.95 bits per heavy atom. The van der Waals surface area contributed by atoms with Crippen LogP contribution in [0.2, 0.25) is 0 Å². The highest BCUT2D eigenvalue weighted by atomic mass is 35.5. The molecule has 1 aromatic rings. The van der Waals surface area contributed by atoms with Gasteiger partial charge in [0.05, 0.1) is 31.8 Å². The number of anilines is 1. The molecule has 114 valence electrons. The summed E-state index contributed by atoms with van der Waals surface area (Å²) in [5, 5.41) is 5.38. The van der Waals surface area contributed by atoms with Gasteiger partial charge < -0.3 is 12.4 Å². The Kier molecular flexibility index (Phi) is 4.73. The third kappa shape index (κ3) is 2.93. The van der Waals surface area contributed by atoms with Gasteiger partial charge in [-0.15, -0.1) is 16.2 Å². The van der Waals surface area contributed by atoms with Gasteiger partial charge in [0, 0.05) is 19.2 Å². The molecular weight excluding hydrogens is 320 g/mol. The molecule has 0 atom stereocenters. The van der Waals surface area contributed by atoms with Gasteiger partial charge in [0.25, 0.3) is 0 Å². The third-order valence-electron chi connectivity index (χ3n) is 3.36. The van der Waals surface area contributed by atoms with Crippen LogP contribution in [0.1, 0.15) is 0 Å². The lowest BCUT2D eigenvalue weighted by molar-refractivity contribution is -0.00000431. The first-order valence-electron chi connectivity index (χ1n) is 6.50. The molecule has 3 rings (SSSR count). The number of halogens is 1. The molecule has 0 saturated carbocycles. The van der Waals surface area contributed by atoms with Gasteiger partial charge >= 0.3 is 0 Å². The van der Waals surface area contributed by atoms with E-state index in [0.29, 0.717) is 0 Å². The highest BCUT2D eigenvalue weighted by molar-refractivity contribution is 7.21. The molecule has 0 spiro atoms. The first kappa shape index (κ1) is 16.3. The summed E-state index contributed by atoms with van der Waals surface area (Å²) in [6.45, 7) is 0. The average molecular weight is 335 g/mol. The van der Waals surface area contributed by atoms with Crippen molar-refractivity contribution in [3.63, 3.8) is 0 Å². The molecule has 0 fully saturated rings. The molecule has 5 nitrogen and oxygen atoms in total. The van der Waals surface area contributed by atoms with Gasteiger partial charge in [-0.1, -0.05) is 0 Å². The van der Waals surface area contributed by atoms with Crippen molar-refractivity contribution in [1.82, 2.24) is 9.56 Å². The summed E-state index contributed by atoms with van der Waals surface area (Å²) in [6, 6.07) is 11.9. The Morgan fingerprint density at radius 3 is 2.64 bits per heavy atom. The van der Waals surface area contributed by atoms with Crippen molar-refractivity contribution >= 4 is 27.2 Å². The first-order chi connectivity index (χ1) is 10.1. The Morgan fingerprint density at radius 1 is 1.18 bits per heavy atom. The van der Waals surface area contributed by atoms with E-state index in [-0.39, 0.29) is 12.4 Å². The Balaban J connectivity index is 0.00000176. The predicted molar refractivity (Wildman–Crippen MR) is 87.6 cm³/mol. The number of benzene rings is 2. The Bertz CT molecular complexity index is 873. The standard InChI is InChI=1S/C15H15N4OS.ClH/c1-18(2)10-4-6-12-14(8-10)21-15-9-11(19(3)17-20)5-7-13(15)16-12;/h4-9H,1-3H3;1H/q+1;/p-1. The smallest absolute Gasteiger partial charge is 0.201 e. The second kappa shape index (κ2) is 6.37. The summed E-state index contributed by atoms with van der Waals surface area (Å²) in [4.78, 5) is 16.4. The van der Waals surface area contributed by atoms with Crippen molar-refractivity contribution in [2.75, 3.05) is 26.2 Å². The number of nitroso groups, excluding NO2 is 1. The zero-order chi connectivity index (χ0) is 15.0. The van der Waals surface area contributed by atoms with Gasteiger partial charge in [0.1, 0.15) is 14.1 Å². The lowest BCUT2D eigenvalue weighted by atomic mass is 10.2. The largest absolute Gasteiger partial charge is 1.00 e. The van der Waals surface area contributed by atoms with E-state index in [1.807, 2.05) is 38.4 Å². The quantitative estimate of drug-likeness (QED) is 0.276. The van der Waals surface area contributed by atoms with E-state index in [4.69, 9.17) is 0 Å². The van der Waals surface area contributed by atoms with E-state index < -0.39 is 0 Å². The van der Waals surface area contributed by atoms with Crippen molar-refractivity contribution in [2.45, 2.75) is 0 Å². The maximum atomic E-state index is 10.6. The molecular formula is C15H15ClN4OS.